The standard InChI is InChI=1S/C14H15Cl2NO2/c15-11-3-1-10(12(16)7-11)2-4-13(19)17-8-14(9-18)5-6-14/h1-4,7,18H,5-6,8-9H2,(H,17,19)/b4-2+. The zero-order chi connectivity index (χ0) is 13.9. The summed E-state index contributed by atoms with van der Waals surface area (Å²) in [7, 11) is 0. The molecule has 3 nitrogen and oxygen atoms in total. The Hall–Kier alpha value is -1.03. The van der Waals surface area contributed by atoms with Crippen LogP contribution in [0.25, 0.3) is 6.08 Å². The quantitative estimate of drug-likeness (QED) is 0.822. The van der Waals surface area contributed by atoms with Gasteiger partial charge < -0.3 is 10.4 Å². The van der Waals surface area contributed by atoms with Crippen LogP contribution < -0.4 is 5.32 Å². The zero-order valence-corrected chi connectivity index (χ0v) is 11.8. The van der Waals surface area contributed by atoms with E-state index in [-0.39, 0.29) is 17.9 Å². The van der Waals surface area contributed by atoms with E-state index in [1.807, 2.05) is 0 Å². The number of carbonyl (C=O) groups excluding carboxylic acids is 1. The summed E-state index contributed by atoms with van der Waals surface area (Å²) in [5.41, 5.74) is 0.658. The van der Waals surface area contributed by atoms with E-state index in [1.165, 1.54) is 6.08 Å². The Balaban J connectivity index is 1.89. The molecule has 0 bridgehead atoms. The maximum atomic E-state index is 11.6. The highest BCUT2D eigenvalue weighted by atomic mass is 35.5. The summed E-state index contributed by atoms with van der Waals surface area (Å²) in [4.78, 5) is 11.6. The van der Waals surface area contributed by atoms with Crippen LogP contribution in [0.2, 0.25) is 10.0 Å². The van der Waals surface area contributed by atoms with Gasteiger partial charge in [-0.05, 0) is 36.6 Å². The van der Waals surface area contributed by atoms with Crippen molar-refractivity contribution in [3.05, 3.63) is 39.9 Å². The van der Waals surface area contributed by atoms with Crippen LogP contribution in [0.5, 0.6) is 0 Å². The summed E-state index contributed by atoms with van der Waals surface area (Å²) in [6.45, 7) is 0.640. The number of benzene rings is 1. The van der Waals surface area contributed by atoms with Crippen molar-refractivity contribution in [2.75, 3.05) is 13.2 Å². The average Bonchev–Trinajstić information content (AvgIpc) is 3.16. The van der Waals surface area contributed by atoms with Crippen LogP contribution in [0.15, 0.2) is 24.3 Å². The van der Waals surface area contributed by atoms with Gasteiger partial charge in [0.1, 0.15) is 0 Å². The Labute approximate surface area is 122 Å². The minimum Gasteiger partial charge on any atom is -0.396 e. The highest BCUT2D eigenvalue weighted by Gasteiger charge is 2.41. The average molecular weight is 300 g/mol. The molecule has 1 aliphatic rings. The van der Waals surface area contributed by atoms with Gasteiger partial charge in [-0.25, -0.2) is 0 Å². The molecule has 102 valence electrons. The molecule has 2 N–H and O–H groups in total. The Morgan fingerprint density at radius 3 is 2.74 bits per heavy atom. The minimum absolute atomic E-state index is 0.0819. The minimum atomic E-state index is -0.189. The number of halogens is 2. The number of nitrogens with one attached hydrogen (secondary N) is 1. The van der Waals surface area contributed by atoms with Crippen LogP contribution in [-0.4, -0.2) is 24.2 Å². The van der Waals surface area contributed by atoms with Crippen molar-refractivity contribution in [3.8, 4) is 0 Å². The lowest BCUT2D eigenvalue weighted by Crippen LogP contribution is -2.30. The molecule has 0 radical (unpaired) electrons. The largest absolute Gasteiger partial charge is 0.396 e. The topological polar surface area (TPSA) is 49.3 Å². The first kappa shape index (κ1) is 14.4. The first-order valence-electron chi connectivity index (χ1n) is 6.06. The molecule has 1 aliphatic carbocycles. The predicted molar refractivity (Wildman–Crippen MR) is 77.3 cm³/mol. The Kier molecular flexibility index (Phi) is 4.50. The van der Waals surface area contributed by atoms with E-state index in [2.05, 4.69) is 5.32 Å². The zero-order valence-electron chi connectivity index (χ0n) is 10.3. The predicted octanol–water partition coefficient (Wildman–Crippen LogP) is 2.90. The fraction of sp³-hybridized carbons (Fsp3) is 0.357. The molecular weight excluding hydrogens is 285 g/mol. The van der Waals surface area contributed by atoms with Crippen molar-refractivity contribution in [2.45, 2.75) is 12.8 Å². The van der Waals surface area contributed by atoms with Crippen molar-refractivity contribution in [1.82, 2.24) is 5.32 Å². The maximum Gasteiger partial charge on any atom is 0.244 e. The van der Waals surface area contributed by atoms with Crippen molar-refractivity contribution in [1.29, 1.82) is 0 Å². The van der Waals surface area contributed by atoms with Crippen LogP contribution in [0.3, 0.4) is 0 Å². The van der Waals surface area contributed by atoms with E-state index in [1.54, 1.807) is 24.3 Å². The maximum absolute atomic E-state index is 11.6. The van der Waals surface area contributed by atoms with E-state index >= 15 is 0 Å². The second-order valence-corrected chi connectivity index (χ2v) is 5.72. The summed E-state index contributed by atoms with van der Waals surface area (Å²) in [5, 5.41) is 13.0. The first-order chi connectivity index (χ1) is 9.04. The molecule has 0 aromatic heterocycles. The molecule has 1 aromatic carbocycles. The molecule has 0 atom stereocenters. The number of hydrogen-bond donors (Lipinski definition) is 2. The molecule has 0 heterocycles. The number of aliphatic hydroxyl groups excluding tert-OH is 1. The normalized spacial score (nSPS) is 16.6. The van der Waals surface area contributed by atoms with E-state index in [0.29, 0.717) is 16.6 Å². The first-order valence-corrected chi connectivity index (χ1v) is 6.82. The lowest BCUT2D eigenvalue weighted by atomic mass is 10.1. The molecular formula is C14H15Cl2NO2. The van der Waals surface area contributed by atoms with Crippen molar-refractivity contribution in [2.24, 2.45) is 5.41 Å². The smallest absolute Gasteiger partial charge is 0.244 e. The molecule has 1 saturated carbocycles. The molecule has 2 rings (SSSR count). The molecule has 1 amide bonds. The van der Waals surface area contributed by atoms with Crippen molar-refractivity contribution >= 4 is 35.2 Å². The molecule has 5 heteroatoms. The lowest BCUT2D eigenvalue weighted by Gasteiger charge is -2.11. The van der Waals surface area contributed by atoms with Crippen LogP contribution in [0.4, 0.5) is 0 Å². The van der Waals surface area contributed by atoms with Gasteiger partial charge in [0.05, 0.1) is 6.61 Å². The van der Waals surface area contributed by atoms with Gasteiger partial charge in [0.2, 0.25) is 5.91 Å². The van der Waals surface area contributed by atoms with E-state index in [0.717, 1.165) is 18.4 Å². The third-order valence-electron chi connectivity index (χ3n) is 3.31. The van der Waals surface area contributed by atoms with Gasteiger partial charge in [-0.1, -0.05) is 29.3 Å². The van der Waals surface area contributed by atoms with E-state index < -0.39 is 0 Å². The lowest BCUT2D eigenvalue weighted by molar-refractivity contribution is -0.116. The monoisotopic (exact) mass is 299 g/mol. The Bertz CT molecular complexity index is 510. The van der Waals surface area contributed by atoms with Crippen molar-refractivity contribution < 1.29 is 9.90 Å². The fourth-order valence-corrected chi connectivity index (χ4v) is 2.17. The third kappa shape index (κ3) is 3.96. The van der Waals surface area contributed by atoms with Crippen LogP contribution in [0.1, 0.15) is 18.4 Å². The number of rotatable bonds is 5. The summed E-state index contributed by atoms with van der Waals surface area (Å²) >= 11 is 11.8. The second-order valence-electron chi connectivity index (χ2n) is 4.88. The molecule has 0 saturated heterocycles. The third-order valence-corrected chi connectivity index (χ3v) is 3.87. The summed E-state index contributed by atoms with van der Waals surface area (Å²) in [5.74, 6) is -0.189. The SMILES string of the molecule is O=C(/C=C/c1ccc(Cl)cc1Cl)NCC1(CO)CC1. The Morgan fingerprint density at radius 2 is 2.16 bits per heavy atom. The van der Waals surface area contributed by atoms with Crippen LogP contribution >= 0.6 is 23.2 Å². The van der Waals surface area contributed by atoms with E-state index in [9.17, 15) is 4.79 Å². The number of carbonyl (C=O) groups is 1. The molecule has 0 unspecified atom stereocenters. The number of hydrogen-bond acceptors (Lipinski definition) is 2. The van der Waals surface area contributed by atoms with Gasteiger partial charge in [0, 0.05) is 28.1 Å². The Morgan fingerprint density at radius 1 is 1.42 bits per heavy atom. The molecule has 1 fully saturated rings. The van der Waals surface area contributed by atoms with Gasteiger partial charge >= 0.3 is 0 Å². The van der Waals surface area contributed by atoms with Crippen LogP contribution in [-0.2, 0) is 4.79 Å². The summed E-state index contributed by atoms with van der Waals surface area (Å²) < 4.78 is 0. The van der Waals surface area contributed by atoms with Gasteiger partial charge in [-0.2, -0.15) is 0 Å². The van der Waals surface area contributed by atoms with Crippen molar-refractivity contribution in [3.63, 3.8) is 0 Å². The number of aliphatic hydroxyl groups is 1. The number of amides is 1. The van der Waals surface area contributed by atoms with Gasteiger partial charge in [0.15, 0.2) is 0 Å². The molecule has 0 aliphatic heterocycles. The van der Waals surface area contributed by atoms with Gasteiger partial charge in [-0.15, -0.1) is 0 Å². The summed E-state index contributed by atoms with van der Waals surface area (Å²) in [6, 6.07) is 5.10. The fourth-order valence-electron chi connectivity index (χ4n) is 1.70. The highest BCUT2D eigenvalue weighted by molar-refractivity contribution is 6.35. The molecule has 19 heavy (non-hydrogen) atoms. The van der Waals surface area contributed by atoms with Crippen LogP contribution in [0, 0.1) is 5.41 Å². The summed E-state index contributed by atoms with van der Waals surface area (Å²) in [6.07, 6.45) is 5.02. The molecule has 0 spiro atoms. The molecule has 1 aromatic rings. The van der Waals surface area contributed by atoms with Gasteiger partial charge in [-0.3, -0.25) is 4.79 Å². The highest BCUT2D eigenvalue weighted by Crippen LogP contribution is 2.44. The second kappa shape index (κ2) is 5.95. The van der Waals surface area contributed by atoms with Gasteiger partial charge in [0.25, 0.3) is 0 Å². The van der Waals surface area contributed by atoms with E-state index in [4.69, 9.17) is 28.3 Å².